The number of aromatic nitrogens is 1. The molecule has 0 saturated heterocycles. The van der Waals surface area contributed by atoms with Crippen LogP contribution >= 0.6 is 34.7 Å². The van der Waals surface area contributed by atoms with Crippen LogP contribution in [-0.4, -0.2) is 22.6 Å². The number of fused-ring (bicyclic) bond motifs is 1. The number of amides is 2. The fourth-order valence-corrected chi connectivity index (χ4v) is 4.97. The maximum absolute atomic E-state index is 13.0. The smallest absolute Gasteiger partial charge is 0.255 e. The first-order chi connectivity index (χ1) is 15.4. The van der Waals surface area contributed by atoms with E-state index in [1.807, 2.05) is 25.1 Å². The predicted molar refractivity (Wildman–Crippen MR) is 130 cm³/mol. The van der Waals surface area contributed by atoms with Crippen molar-refractivity contribution < 1.29 is 14.0 Å². The number of halogens is 2. The molecule has 162 valence electrons. The fraction of sp³-hybridized carbons (Fsp3) is 0.0870. The zero-order valence-corrected chi connectivity index (χ0v) is 19.2. The van der Waals surface area contributed by atoms with Crippen molar-refractivity contribution in [3.8, 4) is 0 Å². The van der Waals surface area contributed by atoms with Crippen LogP contribution in [0.4, 0.5) is 15.8 Å². The van der Waals surface area contributed by atoms with Crippen LogP contribution in [0.2, 0.25) is 5.02 Å². The van der Waals surface area contributed by atoms with Gasteiger partial charge in [0.15, 0.2) is 4.34 Å². The molecule has 5 nitrogen and oxygen atoms in total. The number of hydrogen-bond donors (Lipinski definition) is 2. The Kier molecular flexibility index (Phi) is 6.74. The zero-order chi connectivity index (χ0) is 22.7. The van der Waals surface area contributed by atoms with E-state index in [0.29, 0.717) is 22.0 Å². The third-order valence-electron chi connectivity index (χ3n) is 4.53. The summed E-state index contributed by atoms with van der Waals surface area (Å²) < 4.78 is 14.7. The van der Waals surface area contributed by atoms with Crippen molar-refractivity contribution in [2.75, 3.05) is 16.4 Å². The minimum absolute atomic E-state index is 0.146. The van der Waals surface area contributed by atoms with E-state index in [-0.39, 0.29) is 17.6 Å². The summed E-state index contributed by atoms with van der Waals surface area (Å²) in [5, 5.41) is 6.23. The zero-order valence-electron chi connectivity index (χ0n) is 16.8. The Morgan fingerprint density at radius 1 is 1.06 bits per heavy atom. The maximum atomic E-state index is 13.0. The van der Waals surface area contributed by atoms with Gasteiger partial charge in [0.05, 0.1) is 16.0 Å². The molecule has 32 heavy (non-hydrogen) atoms. The van der Waals surface area contributed by atoms with Gasteiger partial charge in [0.25, 0.3) is 5.91 Å². The number of nitrogens with zero attached hydrogens (tertiary/aromatic N) is 1. The lowest BCUT2D eigenvalue weighted by molar-refractivity contribution is -0.113. The van der Waals surface area contributed by atoms with Crippen LogP contribution < -0.4 is 10.6 Å². The Bertz CT molecular complexity index is 1310. The number of anilines is 2. The summed E-state index contributed by atoms with van der Waals surface area (Å²) in [6.45, 7) is 1.90. The molecule has 2 amide bonds. The SMILES string of the molecule is Cc1ccc(Cl)cc1NC(=O)CSc1nc2ccc(NC(=O)c3ccc(F)cc3)cc2s1. The van der Waals surface area contributed by atoms with Gasteiger partial charge in [-0.3, -0.25) is 9.59 Å². The number of hydrogen-bond acceptors (Lipinski definition) is 5. The second-order valence-electron chi connectivity index (χ2n) is 6.92. The molecule has 4 rings (SSSR count). The van der Waals surface area contributed by atoms with Gasteiger partial charge in [-0.05, 0) is 67.1 Å². The molecule has 0 saturated carbocycles. The summed E-state index contributed by atoms with van der Waals surface area (Å²) in [6.07, 6.45) is 0. The highest BCUT2D eigenvalue weighted by Gasteiger charge is 2.11. The van der Waals surface area contributed by atoms with Crippen molar-refractivity contribution in [1.29, 1.82) is 0 Å². The number of rotatable bonds is 6. The van der Waals surface area contributed by atoms with E-state index in [4.69, 9.17) is 11.6 Å². The van der Waals surface area contributed by atoms with Gasteiger partial charge >= 0.3 is 0 Å². The third-order valence-corrected chi connectivity index (χ3v) is 6.93. The lowest BCUT2D eigenvalue weighted by Gasteiger charge is -2.08. The first-order valence-electron chi connectivity index (χ1n) is 9.54. The number of nitrogens with one attached hydrogen (secondary N) is 2. The quantitative estimate of drug-likeness (QED) is 0.311. The predicted octanol–water partition coefficient (Wildman–Crippen LogP) is 6.38. The average molecular weight is 486 g/mol. The third kappa shape index (κ3) is 5.45. The molecule has 1 aromatic heterocycles. The van der Waals surface area contributed by atoms with Gasteiger partial charge in [-0.1, -0.05) is 29.4 Å². The van der Waals surface area contributed by atoms with Crippen LogP contribution in [0.15, 0.2) is 65.0 Å². The number of benzene rings is 3. The summed E-state index contributed by atoms with van der Waals surface area (Å²) in [5.74, 6) is -0.655. The van der Waals surface area contributed by atoms with Crippen molar-refractivity contribution in [3.05, 3.63) is 82.6 Å². The highest BCUT2D eigenvalue weighted by Crippen LogP contribution is 2.31. The molecule has 0 atom stereocenters. The Labute approximate surface area is 197 Å². The van der Waals surface area contributed by atoms with Gasteiger partial charge < -0.3 is 10.6 Å². The van der Waals surface area contributed by atoms with Gasteiger partial charge in [-0.15, -0.1) is 11.3 Å². The molecule has 3 aromatic carbocycles. The molecular weight excluding hydrogens is 469 g/mol. The molecule has 4 aromatic rings. The van der Waals surface area contributed by atoms with Crippen LogP contribution in [0.1, 0.15) is 15.9 Å². The van der Waals surface area contributed by atoms with Crippen LogP contribution in [0.5, 0.6) is 0 Å². The molecular formula is C23H17ClFN3O2S2. The van der Waals surface area contributed by atoms with Gasteiger partial charge in [0.2, 0.25) is 5.91 Å². The molecule has 0 radical (unpaired) electrons. The standard InChI is InChI=1S/C23H17ClFN3O2S2/c1-13-2-5-15(24)10-19(13)27-21(29)12-31-23-28-18-9-8-17(11-20(18)32-23)26-22(30)14-3-6-16(25)7-4-14/h2-11H,12H2,1H3,(H,26,30)(H,27,29). The van der Waals surface area contributed by atoms with Gasteiger partial charge in [-0.25, -0.2) is 9.37 Å². The number of carbonyl (C=O) groups excluding carboxylic acids is 2. The highest BCUT2D eigenvalue weighted by molar-refractivity contribution is 8.01. The van der Waals surface area contributed by atoms with E-state index in [1.54, 1.807) is 18.2 Å². The number of thioether (sulfide) groups is 1. The molecule has 0 bridgehead atoms. The lowest BCUT2D eigenvalue weighted by atomic mass is 10.2. The molecule has 0 aliphatic rings. The van der Waals surface area contributed by atoms with E-state index in [2.05, 4.69) is 15.6 Å². The molecule has 0 spiro atoms. The second-order valence-corrected chi connectivity index (χ2v) is 9.61. The van der Waals surface area contributed by atoms with Crippen molar-refractivity contribution in [2.45, 2.75) is 11.3 Å². The molecule has 0 aliphatic heterocycles. The first-order valence-corrected chi connectivity index (χ1v) is 11.7. The largest absolute Gasteiger partial charge is 0.325 e. The molecule has 9 heteroatoms. The van der Waals surface area contributed by atoms with Crippen molar-refractivity contribution in [3.63, 3.8) is 0 Å². The van der Waals surface area contributed by atoms with E-state index in [9.17, 15) is 14.0 Å². The topological polar surface area (TPSA) is 71.1 Å². The minimum Gasteiger partial charge on any atom is -0.325 e. The van der Waals surface area contributed by atoms with E-state index in [0.717, 1.165) is 20.1 Å². The van der Waals surface area contributed by atoms with Gasteiger partial charge in [-0.2, -0.15) is 0 Å². The fourth-order valence-electron chi connectivity index (χ4n) is 2.89. The van der Waals surface area contributed by atoms with Crippen LogP contribution in [0.3, 0.4) is 0 Å². The van der Waals surface area contributed by atoms with E-state index in [1.165, 1.54) is 47.4 Å². The van der Waals surface area contributed by atoms with E-state index < -0.39 is 5.82 Å². The average Bonchev–Trinajstić information content (AvgIpc) is 3.17. The molecule has 0 unspecified atom stereocenters. The van der Waals surface area contributed by atoms with Gasteiger partial charge in [0, 0.05) is 22.0 Å². The summed E-state index contributed by atoms with van der Waals surface area (Å²) in [7, 11) is 0. The van der Waals surface area contributed by atoms with Crippen LogP contribution in [-0.2, 0) is 4.79 Å². The maximum Gasteiger partial charge on any atom is 0.255 e. The van der Waals surface area contributed by atoms with Crippen molar-refractivity contribution >= 4 is 68.1 Å². The Hall–Kier alpha value is -2.94. The number of carbonyl (C=O) groups is 2. The Morgan fingerprint density at radius 3 is 2.62 bits per heavy atom. The Morgan fingerprint density at radius 2 is 1.84 bits per heavy atom. The van der Waals surface area contributed by atoms with Gasteiger partial charge in [0.1, 0.15) is 5.82 Å². The molecule has 0 fully saturated rings. The van der Waals surface area contributed by atoms with E-state index >= 15 is 0 Å². The summed E-state index contributed by atoms with van der Waals surface area (Å²) in [6, 6.07) is 16.1. The van der Waals surface area contributed by atoms with Crippen molar-refractivity contribution in [1.82, 2.24) is 4.98 Å². The Balaban J connectivity index is 1.39. The molecule has 1 heterocycles. The minimum atomic E-state index is -0.394. The number of aryl methyl sites for hydroxylation is 1. The highest BCUT2D eigenvalue weighted by atomic mass is 35.5. The second kappa shape index (κ2) is 9.68. The summed E-state index contributed by atoms with van der Waals surface area (Å²) in [4.78, 5) is 29.2. The first kappa shape index (κ1) is 22.3. The number of thiazole rings is 1. The van der Waals surface area contributed by atoms with Crippen LogP contribution in [0, 0.1) is 12.7 Å². The summed E-state index contributed by atoms with van der Waals surface area (Å²) in [5.41, 5.74) is 3.38. The normalized spacial score (nSPS) is 10.8. The molecule has 2 N–H and O–H groups in total. The van der Waals surface area contributed by atoms with Crippen LogP contribution in [0.25, 0.3) is 10.2 Å². The lowest BCUT2D eigenvalue weighted by Crippen LogP contribution is -2.14. The van der Waals surface area contributed by atoms with Crippen molar-refractivity contribution in [2.24, 2.45) is 0 Å². The monoisotopic (exact) mass is 485 g/mol. The molecule has 0 aliphatic carbocycles. The summed E-state index contributed by atoms with van der Waals surface area (Å²) >= 11 is 8.78.